The van der Waals surface area contributed by atoms with Crippen molar-refractivity contribution in [2.45, 2.75) is 41.0 Å². The number of hydrogen-bond donors (Lipinski definition) is 1. The summed E-state index contributed by atoms with van der Waals surface area (Å²) < 4.78 is 0. The Kier molecular flexibility index (Phi) is 4.27. The number of dihydropyridines is 1. The molecule has 1 radical (unpaired) electrons. The molecule has 0 aromatic heterocycles. The van der Waals surface area contributed by atoms with E-state index in [-0.39, 0.29) is 5.41 Å². The van der Waals surface area contributed by atoms with Crippen LogP contribution in [0.25, 0.3) is 5.70 Å². The Morgan fingerprint density at radius 3 is 2.60 bits per heavy atom. The third kappa shape index (κ3) is 2.68. The van der Waals surface area contributed by atoms with Gasteiger partial charge in [-0.1, -0.05) is 0 Å². The van der Waals surface area contributed by atoms with Crippen LogP contribution in [0.4, 0.5) is 0 Å². The van der Waals surface area contributed by atoms with Gasteiger partial charge < -0.3 is 0 Å². The van der Waals surface area contributed by atoms with Crippen LogP contribution in [0.2, 0.25) is 0 Å². The maximum absolute atomic E-state index is 5.84. The van der Waals surface area contributed by atoms with Crippen LogP contribution in [-0.4, -0.2) is 13.5 Å². The summed E-state index contributed by atoms with van der Waals surface area (Å²) >= 11 is 0. The Balaban J connectivity index is 2.33. The quantitative estimate of drug-likeness (QED) is 0.781. The summed E-state index contributed by atoms with van der Waals surface area (Å²) in [5, 5.41) is 3.59. The van der Waals surface area contributed by atoms with Crippen molar-refractivity contribution in [3.05, 3.63) is 76.0 Å². The molecule has 0 saturated carbocycles. The number of fused-ring (bicyclic) bond motifs is 2. The van der Waals surface area contributed by atoms with Crippen molar-refractivity contribution in [3.63, 3.8) is 0 Å². The second kappa shape index (κ2) is 6.02. The second-order valence-corrected chi connectivity index (χ2v) is 8.01. The zero-order valence-corrected chi connectivity index (χ0v) is 16.1. The molecule has 1 heterocycles. The molecule has 1 aromatic rings. The summed E-state index contributed by atoms with van der Waals surface area (Å²) in [5.74, 6) is 2.21. The zero-order valence-electron chi connectivity index (χ0n) is 16.1. The van der Waals surface area contributed by atoms with E-state index in [0.717, 1.165) is 28.8 Å². The van der Waals surface area contributed by atoms with Crippen LogP contribution in [0, 0.1) is 18.3 Å². The van der Waals surface area contributed by atoms with Crippen molar-refractivity contribution in [1.82, 2.24) is 5.32 Å². The standard InChI is InChI=1S/C23H27BN/c1-13(2)19-10-21-22(25-16(19)6)20-9-18(12-24)15(5)8-17(20)11-23(21,7)14(3)4/h8-10,12,14,25H,1,6,11H2,2-5,7H3. The van der Waals surface area contributed by atoms with Crippen LogP contribution in [0.15, 0.2) is 53.8 Å². The van der Waals surface area contributed by atoms with Gasteiger partial charge in [-0.3, -0.25) is 0 Å². The average Bonchev–Trinajstić information content (AvgIpc) is 2.53. The van der Waals surface area contributed by atoms with Crippen LogP contribution < -0.4 is 5.32 Å². The van der Waals surface area contributed by atoms with Gasteiger partial charge in [0.15, 0.2) is 0 Å². The number of aryl methyl sites for hydroxylation is 1. The number of hydrogen-bond acceptors (Lipinski definition) is 1. The third-order valence-corrected chi connectivity index (χ3v) is 6.01. The van der Waals surface area contributed by atoms with Gasteiger partial charge in [-0.25, -0.2) is 0 Å². The van der Waals surface area contributed by atoms with E-state index in [4.69, 9.17) is 7.49 Å². The van der Waals surface area contributed by atoms with Gasteiger partial charge in [0.2, 0.25) is 0 Å². The number of rotatable bonds is 3. The summed E-state index contributed by atoms with van der Waals surface area (Å²) in [4.78, 5) is 0. The molecule has 25 heavy (non-hydrogen) atoms. The normalized spacial score (nSPS) is 22.1. The predicted molar refractivity (Wildman–Crippen MR) is 111 cm³/mol. The molecule has 3 rings (SSSR count). The summed E-state index contributed by atoms with van der Waals surface area (Å²) in [6.45, 7) is 19.5. The Bertz CT molecular complexity index is 866. The molecule has 0 bridgehead atoms. The first-order valence-electron chi connectivity index (χ1n) is 8.96. The van der Waals surface area contributed by atoms with Crippen molar-refractivity contribution in [2.75, 3.05) is 0 Å². The van der Waals surface area contributed by atoms with Gasteiger partial charge in [-0.05, 0) is 0 Å². The fraction of sp³-hybridized carbons (Fsp3) is 0.348. The molecule has 1 N–H and O–H groups in total. The monoisotopic (exact) mass is 328 g/mol. The van der Waals surface area contributed by atoms with Gasteiger partial charge in [0.1, 0.15) is 0 Å². The number of nitrogens with one attached hydrogen (secondary N) is 1. The molecule has 1 atom stereocenters. The maximum atomic E-state index is 5.84. The Labute approximate surface area is 153 Å². The summed E-state index contributed by atoms with van der Waals surface area (Å²) in [5.41, 5.74) is 10.6. The van der Waals surface area contributed by atoms with Crippen molar-refractivity contribution >= 4 is 19.2 Å². The summed E-state index contributed by atoms with van der Waals surface area (Å²) in [6, 6.07) is 4.50. The molecular weight excluding hydrogens is 301 g/mol. The molecule has 0 fully saturated rings. The van der Waals surface area contributed by atoms with E-state index in [1.807, 2.05) is 6.92 Å². The van der Waals surface area contributed by atoms with Crippen molar-refractivity contribution in [1.29, 1.82) is 0 Å². The molecule has 1 aromatic carbocycles. The zero-order chi connectivity index (χ0) is 18.5. The first-order valence-corrected chi connectivity index (χ1v) is 8.96. The fourth-order valence-corrected chi connectivity index (χ4v) is 3.98. The molecular formula is C23H27BN. The Morgan fingerprint density at radius 1 is 1.36 bits per heavy atom. The second-order valence-electron chi connectivity index (χ2n) is 8.01. The van der Waals surface area contributed by atoms with E-state index in [1.165, 1.54) is 28.0 Å². The van der Waals surface area contributed by atoms with Crippen molar-refractivity contribution in [2.24, 2.45) is 11.3 Å². The summed E-state index contributed by atoms with van der Waals surface area (Å²) in [7, 11) is 5.84. The summed E-state index contributed by atoms with van der Waals surface area (Å²) in [6.07, 6.45) is 3.32. The van der Waals surface area contributed by atoms with E-state index in [0.29, 0.717) is 5.92 Å². The van der Waals surface area contributed by atoms with E-state index < -0.39 is 0 Å². The van der Waals surface area contributed by atoms with Gasteiger partial charge in [0.05, 0.1) is 0 Å². The molecule has 2 heteroatoms. The third-order valence-electron chi connectivity index (χ3n) is 6.01. The van der Waals surface area contributed by atoms with Gasteiger partial charge in [0.25, 0.3) is 0 Å². The number of allylic oxidation sites excluding steroid dienone is 3. The minimum absolute atomic E-state index is 0.0666. The van der Waals surface area contributed by atoms with Crippen LogP contribution in [0.1, 0.15) is 49.9 Å². The van der Waals surface area contributed by atoms with Gasteiger partial charge in [-0.15, -0.1) is 0 Å². The van der Waals surface area contributed by atoms with Gasteiger partial charge in [-0.2, -0.15) is 0 Å². The molecule has 1 nitrogen and oxygen atoms in total. The molecule has 127 valence electrons. The number of benzene rings is 1. The van der Waals surface area contributed by atoms with Crippen LogP contribution in [0.5, 0.6) is 0 Å². The van der Waals surface area contributed by atoms with E-state index in [9.17, 15) is 0 Å². The molecule has 0 saturated heterocycles. The van der Waals surface area contributed by atoms with E-state index >= 15 is 0 Å². The average molecular weight is 328 g/mol. The van der Waals surface area contributed by atoms with E-state index in [2.05, 4.69) is 64.4 Å². The molecule has 1 aliphatic heterocycles. The van der Waals surface area contributed by atoms with Gasteiger partial charge in [0, 0.05) is 0 Å². The van der Waals surface area contributed by atoms with Crippen molar-refractivity contribution in [3.8, 4) is 0 Å². The fourth-order valence-electron chi connectivity index (χ4n) is 3.98. The molecule has 1 unspecified atom stereocenters. The molecule has 2 aliphatic rings. The first kappa shape index (κ1) is 17.7. The Morgan fingerprint density at radius 2 is 2.04 bits per heavy atom. The first-order chi connectivity index (χ1) is 11.7. The molecule has 0 amide bonds. The Hall–Kier alpha value is -2.09. The minimum atomic E-state index is 0.0666. The van der Waals surface area contributed by atoms with Crippen LogP contribution in [0.3, 0.4) is 0 Å². The van der Waals surface area contributed by atoms with E-state index in [1.54, 1.807) is 5.97 Å². The SMILES string of the molecule is [B]=Cc1cc2c(cc1C)CC(C)(C(C)C)C1=C2NC(=C)C(C(=C)C)=C1. The predicted octanol–water partition coefficient (Wildman–Crippen LogP) is 4.86. The van der Waals surface area contributed by atoms with Crippen molar-refractivity contribution < 1.29 is 0 Å². The molecule has 1 aliphatic carbocycles. The van der Waals surface area contributed by atoms with Crippen LogP contribution >= 0.6 is 0 Å². The van der Waals surface area contributed by atoms with Gasteiger partial charge >= 0.3 is 153 Å². The molecule has 0 spiro atoms. The topological polar surface area (TPSA) is 12.0 Å². The van der Waals surface area contributed by atoms with Crippen LogP contribution in [-0.2, 0) is 6.42 Å².